The molecule has 2 amide bonds. The highest BCUT2D eigenvalue weighted by atomic mass is 16.2. The van der Waals surface area contributed by atoms with E-state index in [4.69, 9.17) is 0 Å². The number of nitrogens with one attached hydrogen (secondary N) is 1. The van der Waals surface area contributed by atoms with Crippen LogP contribution in [0.1, 0.15) is 37.7 Å². The van der Waals surface area contributed by atoms with Crippen LogP contribution in [0, 0.1) is 13.8 Å². The van der Waals surface area contributed by atoms with E-state index in [-0.39, 0.29) is 30.8 Å². The summed E-state index contributed by atoms with van der Waals surface area (Å²) in [6, 6.07) is 0.0779. The van der Waals surface area contributed by atoms with Crippen molar-refractivity contribution in [2.24, 2.45) is 7.05 Å². The number of carbonyl (C=O) groups is 2. The molecule has 118 valence electrons. The minimum absolute atomic E-state index is 0.0457. The van der Waals surface area contributed by atoms with Crippen molar-refractivity contribution in [2.45, 2.75) is 47.1 Å². The lowest BCUT2D eigenvalue weighted by atomic mass is 10.1. The number of hydrogen-bond donors (Lipinski definition) is 1. The molecule has 0 atom stereocenters. The van der Waals surface area contributed by atoms with Gasteiger partial charge in [0.2, 0.25) is 11.8 Å². The van der Waals surface area contributed by atoms with Gasteiger partial charge in [0, 0.05) is 30.9 Å². The predicted molar refractivity (Wildman–Crippen MR) is 81.9 cm³/mol. The van der Waals surface area contributed by atoms with E-state index in [0.29, 0.717) is 6.54 Å². The van der Waals surface area contributed by atoms with Crippen LogP contribution in [-0.2, 0) is 23.1 Å². The third-order valence-electron chi connectivity index (χ3n) is 3.51. The van der Waals surface area contributed by atoms with Crippen LogP contribution in [-0.4, -0.2) is 45.6 Å². The largest absolute Gasteiger partial charge is 0.352 e. The van der Waals surface area contributed by atoms with E-state index in [0.717, 1.165) is 17.0 Å². The molecule has 0 aliphatic carbocycles. The lowest BCUT2D eigenvalue weighted by Gasteiger charge is -2.21. The summed E-state index contributed by atoms with van der Waals surface area (Å²) < 4.78 is 1.78. The maximum atomic E-state index is 12.4. The number of hydrogen-bond acceptors (Lipinski definition) is 3. The molecule has 0 unspecified atom stereocenters. The summed E-state index contributed by atoms with van der Waals surface area (Å²) in [4.78, 5) is 25.8. The molecule has 1 aromatic rings. The van der Waals surface area contributed by atoms with Crippen LogP contribution in [0.3, 0.4) is 0 Å². The molecule has 0 saturated heterocycles. The van der Waals surface area contributed by atoms with Gasteiger partial charge in [-0.3, -0.25) is 14.3 Å². The summed E-state index contributed by atoms with van der Waals surface area (Å²) >= 11 is 0. The Morgan fingerprint density at radius 1 is 1.33 bits per heavy atom. The highest BCUT2D eigenvalue weighted by molar-refractivity contribution is 5.86. The number of likely N-dealkylation sites (N-methyl/N-ethyl adjacent to an activating group) is 1. The van der Waals surface area contributed by atoms with Gasteiger partial charge in [-0.05, 0) is 34.6 Å². The van der Waals surface area contributed by atoms with Crippen LogP contribution < -0.4 is 5.32 Å². The van der Waals surface area contributed by atoms with E-state index >= 15 is 0 Å². The maximum Gasteiger partial charge on any atom is 0.239 e. The monoisotopic (exact) mass is 294 g/mol. The third kappa shape index (κ3) is 4.58. The number of rotatable bonds is 6. The van der Waals surface area contributed by atoms with Crippen LogP contribution >= 0.6 is 0 Å². The lowest BCUT2D eigenvalue weighted by Crippen LogP contribution is -2.43. The van der Waals surface area contributed by atoms with Gasteiger partial charge >= 0.3 is 0 Å². The quantitative estimate of drug-likeness (QED) is 0.849. The molecule has 0 radical (unpaired) electrons. The van der Waals surface area contributed by atoms with Crippen molar-refractivity contribution in [3.63, 3.8) is 0 Å². The van der Waals surface area contributed by atoms with Crippen molar-refractivity contribution in [3.05, 3.63) is 17.0 Å². The molecule has 0 bridgehead atoms. The first kappa shape index (κ1) is 17.2. The van der Waals surface area contributed by atoms with Crippen LogP contribution in [0.25, 0.3) is 0 Å². The Labute approximate surface area is 126 Å². The fourth-order valence-corrected chi connectivity index (χ4v) is 2.25. The standard InChI is InChI=1S/C15H26N4O2/c1-7-19(9-14(20)16-10(2)3)15(21)8-13-11(4)17-18(6)12(13)5/h10H,7-9H2,1-6H3,(H,16,20). The fourth-order valence-electron chi connectivity index (χ4n) is 2.25. The van der Waals surface area contributed by atoms with Gasteiger partial charge in [-0.1, -0.05) is 0 Å². The van der Waals surface area contributed by atoms with Crippen molar-refractivity contribution in [1.82, 2.24) is 20.0 Å². The summed E-state index contributed by atoms with van der Waals surface area (Å²) in [5, 5.41) is 7.12. The Hall–Kier alpha value is -1.85. The second kappa shape index (κ2) is 7.24. The fraction of sp³-hybridized carbons (Fsp3) is 0.667. The summed E-state index contributed by atoms with van der Waals surface area (Å²) in [5.41, 5.74) is 2.81. The number of nitrogens with zero attached hydrogens (tertiary/aromatic N) is 3. The topological polar surface area (TPSA) is 67.2 Å². The third-order valence-corrected chi connectivity index (χ3v) is 3.51. The van der Waals surface area contributed by atoms with Crippen molar-refractivity contribution in [2.75, 3.05) is 13.1 Å². The zero-order valence-corrected chi connectivity index (χ0v) is 13.9. The first-order valence-corrected chi connectivity index (χ1v) is 7.32. The Kier molecular flexibility index (Phi) is 5.93. The molecule has 0 fully saturated rings. The van der Waals surface area contributed by atoms with E-state index in [2.05, 4.69) is 10.4 Å². The zero-order chi connectivity index (χ0) is 16.2. The molecule has 6 heteroatoms. The predicted octanol–water partition coefficient (Wildman–Crippen LogP) is 0.953. The highest BCUT2D eigenvalue weighted by Gasteiger charge is 2.19. The second-order valence-corrected chi connectivity index (χ2v) is 5.58. The molecule has 0 spiro atoms. The Morgan fingerprint density at radius 2 is 1.95 bits per heavy atom. The Morgan fingerprint density at radius 3 is 2.38 bits per heavy atom. The van der Waals surface area contributed by atoms with E-state index in [1.807, 2.05) is 41.7 Å². The molecular formula is C15H26N4O2. The van der Waals surface area contributed by atoms with Gasteiger partial charge in [0.15, 0.2) is 0 Å². The number of carbonyl (C=O) groups excluding carboxylic acids is 2. The van der Waals surface area contributed by atoms with Crippen molar-refractivity contribution in [1.29, 1.82) is 0 Å². The van der Waals surface area contributed by atoms with Crippen molar-refractivity contribution < 1.29 is 9.59 Å². The average Bonchev–Trinajstić information content (AvgIpc) is 2.61. The van der Waals surface area contributed by atoms with Crippen LogP contribution in [0.2, 0.25) is 0 Å². The minimum Gasteiger partial charge on any atom is -0.352 e. The first-order chi connectivity index (χ1) is 9.76. The molecule has 0 aliphatic heterocycles. The second-order valence-electron chi connectivity index (χ2n) is 5.58. The highest BCUT2D eigenvalue weighted by Crippen LogP contribution is 2.13. The maximum absolute atomic E-state index is 12.4. The number of aromatic nitrogens is 2. The van der Waals surface area contributed by atoms with E-state index in [9.17, 15) is 9.59 Å². The van der Waals surface area contributed by atoms with Crippen LogP contribution in [0.15, 0.2) is 0 Å². The van der Waals surface area contributed by atoms with Gasteiger partial charge in [-0.2, -0.15) is 5.10 Å². The smallest absolute Gasteiger partial charge is 0.239 e. The average molecular weight is 294 g/mol. The van der Waals surface area contributed by atoms with Crippen LogP contribution in [0.4, 0.5) is 0 Å². The van der Waals surface area contributed by atoms with Gasteiger partial charge in [-0.15, -0.1) is 0 Å². The summed E-state index contributed by atoms with van der Waals surface area (Å²) in [6.45, 7) is 10.1. The molecular weight excluding hydrogens is 268 g/mol. The number of amides is 2. The summed E-state index contributed by atoms with van der Waals surface area (Å²) in [6.07, 6.45) is 0.286. The van der Waals surface area contributed by atoms with E-state index in [1.165, 1.54) is 0 Å². The molecule has 1 aromatic heterocycles. The summed E-state index contributed by atoms with van der Waals surface area (Å²) in [5.74, 6) is -0.171. The Bertz CT molecular complexity index is 520. The Balaban J connectivity index is 2.73. The molecule has 1 rings (SSSR count). The lowest BCUT2D eigenvalue weighted by molar-refractivity contribution is -0.135. The van der Waals surface area contributed by atoms with Gasteiger partial charge in [-0.25, -0.2) is 0 Å². The van der Waals surface area contributed by atoms with Gasteiger partial charge < -0.3 is 10.2 Å². The van der Waals surface area contributed by atoms with Gasteiger partial charge in [0.05, 0.1) is 18.7 Å². The SMILES string of the molecule is CCN(CC(=O)NC(C)C)C(=O)Cc1c(C)nn(C)c1C. The molecule has 1 heterocycles. The van der Waals surface area contributed by atoms with E-state index in [1.54, 1.807) is 9.58 Å². The van der Waals surface area contributed by atoms with Crippen molar-refractivity contribution >= 4 is 11.8 Å². The molecule has 0 aliphatic rings. The van der Waals surface area contributed by atoms with E-state index < -0.39 is 0 Å². The van der Waals surface area contributed by atoms with Gasteiger partial charge in [0.25, 0.3) is 0 Å². The molecule has 0 aromatic carbocycles. The van der Waals surface area contributed by atoms with Crippen LogP contribution in [0.5, 0.6) is 0 Å². The summed E-state index contributed by atoms with van der Waals surface area (Å²) in [7, 11) is 1.87. The molecule has 21 heavy (non-hydrogen) atoms. The van der Waals surface area contributed by atoms with Gasteiger partial charge in [0.1, 0.15) is 0 Å². The molecule has 0 saturated carbocycles. The first-order valence-electron chi connectivity index (χ1n) is 7.32. The zero-order valence-electron chi connectivity index (χ0n) is 13.9. The number of aryl methyl sites for hydroxylation is 2. The molecule has 6 nitrogen and oxygen atoms in total. The molecule has 1 N–H and O–H groups in total. The van der Waals surface area contributed by atoms with Crippen molar-refractivity contribution in [3.8, 4) is 0 Å². The minimum atomic E-state index is -0.125. The normalized spacial score (nSPS) is 10.8.